The number of hydrogen-bond donors (Lipinski definition) is 0. The van der Waals surface area contributed by atoms with Gasteiger partial charge >= 0.3 is 0 Å². The van der Waals surface area contributed by atoms with Gasteiger partial charge in [-0.05, 0) is 103 Å². The molecule has 27 aromatic rings. The highest BCUT2D eigenvalue weighted by Gasteiger charge is 2.27. The standard InChI is InChI=1S/3C39H24N4O/c1-3-13-25(14-4-1)37-40-38(26-15-5-2-6-16-26)42-39(41-37)31-19-8-11-21-33(31)43-32-20-10-7-17-27(32)29-23-24-30-28-18-9-12-22-34(28)44-36(30)35(29)43;1-3-12-25(13-4-1)37-40-38(26-14-5-2-6-15-26)42-39(41-37)27-16-11-17-28(24-27)43-33-20-9-7-18-29(33)31-22-23-32-30-19-8-10-21-34(30)44-36(32)35(31)43;1-3-11-25(12-4-1)37-40-38(26-13-5-2-6-14-26)42-39(41-37)27-19-21-28(22-20-27)43-33-17-9-7-15-29(33)31-23-24-32-30-16-8-10-18-34(30)44-36(32)35(31)43/h3*1-24H. The molecule has 15 nitrogen and oxygen atoms in total. The molecular formula is C117H72N12O3. The summed E-state index contributed by atoms with van der Waals surface area (Å²) in [6.45, 7) is 0. The minimum absolute atomic E-state index is 0.607. The molecule has 0 spiro atoms. The summed E-state index contributed by atoms with van der Waals surface area (Å²) < 4.78 is 26.6. The average Bonchev–Trinajstić information content (AvgIpc) is 1.56. The first-order chi connectivity index (χ1) is 65.5. The molecule has 0 saturated carbocycles. The van der Waals surface area contributed by atoms with Crippen LogP contribution in [0.1, 0.15) is 0 Å². The van der Waals surface area contributed by atoms with Gasteiger partial charge in [-0.15, -0.1) is 0 Å². The van der Waals surface area contributed by atoms with Crippen LogP contribution in [0.15, 0.2) is 450 Å². The van der Waals surface area contributed by atoms with E-state index in [0.29, 0.717) is 52.4 Å². The lowest BCUT2D eigenvalue weighted by Crippen LogP contribution is -2.03. The molecule has 15 heteroatoms. The van der Waals surface area contributed by atoms with Gasteiger partial charge in [0.25, 0.3) is 0 Å². The van der Waals surface area contributed by atoms with Crippen molar-refractivity contribution >= 4 is 131 Å². The van der Waals surface area contributed by atoms with Gasteiger partial charge in [0, 0.05) is 126 Å². The van der Waals surface area contributed by atoms with Crippen LogP contribution in [0.4, 0.5) is 0 Å². The first kappa shape index (κ1) is 76.2. The summed E-state index contributed by atoms with van der Waals surface area (Å²) in [6.07, 6.45) is 0. The summed E-state index contributed by atoms with van der Waals surface area (Å²) in [5.74, 6) is 5.69. The van der Waals surface area contributed by atoms with E-state index < -0.39 is 0 Å². The van der Waals surface area contributed by atoms with Crippen molar-refractivity contribution in [3.63, 3.8) is 0 Å². The maximum Gasteiger partial charge on any atom is 0.166 e. The number of benzene rings is 18. The Morgan fingerprint density at radius 1 is 0.159 bits per heavy atom. The van der Waals surface area contributed by atoms with Gasteiger partial charge in [0.15, 0.2) is 69.2 Å². The Bertz CT molecular complexity index is 8980. The van der Waals surface area contributed by atoms with Gasteiger partial charge in [-0.25, -0.2) is 44.9 Å². The molecule has 0 fully saturated rings. The monoisotopic (exact) mass is 1690 g/mol. The number of nitrogens with zero attached hydrogens (tertiary/aromatic N) is 12. The summed E-state index contributed by atoms with van der Waals surface area (Å²) in [5, 5.41) is 13.6. The smallest absolute Gasteiger partial charge is 0.166 e. The van der Waals surface area contributed by atoms with Crippen molar-refractivity contribution in [2.45, 2.75) is 0 Å². The predicted molar refractivity (Wildman–Crippen MR) is 533 cm³/mol. The van der Waals surface area contributed by atoms with Crippen LogP contribution in [0.2, 0.25) is 0 Å². The first-order valence-electron chi connectivity index (χ1n) is 43.9. The van der Waals surface area contributed by atoms with Crippen LogP contribution in [0.25, 0.3) is 251 Å². The zero-order chi connectivity index (χ0) is 87.1. The van der Waals surface area contributed by atoms with Crippen LogP contribution < -0.4 is 0 Å². The van der Waals surface area contributed by atoms with E-state index in [9.17, 15) is 0 Å². The maximum absolute atomic E-state index is 6.59. The molecule has 132 heavy (non-hydrogen) atoms. The fraction of sp³-hybridized carbons (Fsp3) is 0. The van der Waals surface area contributed by atoms with Gasteiger partial charge in [0.1, 0.15) is 16.7 Å². The molecule has 0 atom stereocenters. The van der Waals surface area contributed by atoms with Gasteiger partial charge in [-0.2, -0.15) is 0 Å². The van der Waals surface area contributed by atoms with E-state index in [1.54, 1.807) is 0 Å². The number of hydrogen-bond acceptors (Lipinski definition) is 12. The predicted octanol–water partition coefficient (Wildman–Crippen LogP) is 29.6. The Labute approximate surface area is 754 Å². The van der Waals surface area contributed by atoms with Gasteiger partial charge in [0.05, 0.1) is 38.8 Å². The van der Waals surface area contributed by atoms with Crippen LogP contribution in [0.5, 0.6) is 0 Å². The highest BCUT2D eigenvalue weighted by atomic mass is 16.3. The molecule has 9 aromatic heterocycles. The Balaban J connectivity index is 0.000000106. The van der Waals surface area contributed by atoms with Crippen LogP contribution in [-0.4, -0.2) is 58.6 Å². The number of aromatic nitrogens is 12. The van der Waals surface area contributed by atoms with Crippen LogP contribution in [0.3, 0.4) is 0 Å². The van der Waals surface area contributed by atoms with E-state index in [0.717, 1.165) is 188 Å². The second-order valence-electron chi connectivity index (χ2n) is 32.6. The van der Waals surface area contributed by atoms with Crippen molar-refractivity contribution in [1.82, 2.24) is 58.6 Å². The third-order valence-corrected chi connectivity index (χ3v) is 24.8. The molecule has 0 unspecified atom stereocenters. The van der Waals surface area contributed by atoms with Gasteiger partial charge in [-0.1, -0.05) is 334 Å². The Morgan fingerprint density at radius 3 is 0.780 bits per heavy atom. The minimum Gasteiger partial charge on any atom is -0.454 e. The third-order valence-electron chi connectivity index (χ3n) is 24.8. The van der Waals surface area contributed by atoms with E-state index in [1.165, 1.54) is 10.8 Å². The van der Waals surface area contributed by atoms with Gasteiger partial charge < -0.3 is 27.0 Å². The summed E-state index contributed by atoms with van der Waals surface area (Å²) in [7, 11) is 0. The molecule has 0 saturated heterocycles. The fourth-order valence-corrected chi connectivity index (χ4v) is 18.7. The van der Waals surface area contributed by atoms with Crippen molar-refractivity contribution < 1.29 is 13.3 Å². The summed E-state index contributed by atoms with van der Waals surface area (Å²) in [4.78, 5) is 44.5. The van der Waals surface area contributed by atoms with E-state index in [2.05, 4.69) is 226 Å². The molecule has 0 aliphatic rings. The molecule has 27 rings (SSSR count). The molecule has 0 aliphatic heterocycles. The molecule has 0 amide bonds. The molecule has 0 bridgehead atoms. The molecule has 618 valence electrons. The van der Waals surface area contributed by atoms with Crippen molar-refractivity contribution in [3.05, 3.63) is 437 Å². The Kier molecular flexibility index (Phi) is 18.5. The van der Waals surface area contributed by atoms with Gasteiger partial charge in [0.2, 0.25) is 0 Å². The SMILES string of the molecule is c1ccc(-c2nc(-c3ccccc3)nc(-c3ccc(-n4c5ccccc5c5ccc6c7ccccc7oc6c54)cc3)n2)cc1.c1ccc(-c2nc(-c3ccccc3)nc(-c3cccc(-n4c5ccccc5c5ccc6c7ccccc7oc6c54)c3)n2)cc1.c1ccc(-c2nc(-c3ccccc3)nc(-c3ccccc3-n3c4ccccc4c4ccc5c6ccccc6oc5c43)n2)cc1. The van der Waals surface area contributed by atoms with Crippen LogP contribution >= 0.6 is 0 Å². The molecule has 0 N–H and O–H groups in total. The van der Waals surface area contributed by atoms with Crippen molar-refractivity contribution in [1.29, 1.82) is 0 Å². The van der Waals surface area contributed by atoms with Crippen LogP contribution in [-0.2, 0) is 0 Å². The van der Waals surface area contributed by atoms with Crippen molar-refractivity contribution in [2.75, 3.05) is 0 Å². The molecule has 0 radical (unpaired) electrons. The number of furan rings is 3. The van der Waals surface area contributed by atoms with E-state index in [4.69, 9.17) is 58.1 Å². The molecule has 18 aromatic carbocycles. The molecule has 0 aliphatic carbocycles. The Hall–Kier alpha value is -18.2. The van der Waals surface area contributed by atoms with E-state index in [1.807, 2.05) is 224 Å². The Morgan fingerprint density at radius 2 is 0.417 bits per heavy atom. The van der Waals surface area contributed by atoms with Crippen molar-refractivity contribution in [2.24, 2.45) is 0 Å². The second-order valence-corrected chi connectivity index (χ2v) is 32.6. The van der Waals surface area contributed by atoms with Gasteiger partial charge in [-0.3, -0.25) is 0 Å². The second kappa shape index (κ2) is 32.0. The highest BCUT2D eigenvalue weighted by molar-refractivity contribution is 6.24. The lowest BCUT2D eigenvalue weighted by molar-refractivity contribution is 0.670. The zero-order valence-corrected chi connectivity index (χ0v) is 70.7. The topological polar surface area (TPSA) is 170 Å². The lowest BCUT2D eigenvalue weighted by Gasteiger charge is -2.14. The first-order valence-corrected chi connectivity index (χ1v) is 43.9. The van der Waals surface area contributed by atoms with E-state index in [-0.39, 0.29) is 0 Å². The molecule has 9 heterocycles. The minimum atomic E-state index is 0.607. The molecular weight excluding hydrogens is 1620 g/mol. The highest BCUT2D eigenvalue weighted by Crippen LogP contribution is 2.46. The zero-order valence-electron chi connectivity index (χ0n) is 70.7. The fourth-order valence-electron chi connectivity index (χ4n) is 18.7. The number of rotatable bonds is 12. The maximum atomic E-state index is 6.59. The summed E-state index contributed by atoms with van der Waals surface area (Å²) in [5.41, 5.74) is 23.1. The average molecular weight is 1690 g/mol. The summed E-state index contributed by atoms with van der Waals surface area (Å²) in [6, 6.07) is 149. The lowest BCUT2D eigenvalue weighted by atomic mass is 10.1. The quantitative estimate of drug-likeness (QED) is 0.114. The normalized spacial score (nSPS) is 11.6. The summed E-state index contributed by atoms with van der Waals surface area (Å²) >= 11 is 0. The van der Waals surface area contributed by atoms with Crippen molar-refractivity contribution in [3.8, 4) is 120 Å². The van der Waals surface area contributed by atoms with E-state index >= 15 is 0 Å². The number of fused-ring (bicyclic) bond motifs is 21. The van der Waals surface area contributed by atoms with Crippen LogP contribution in [0, 0.1) is 0 Å². The number of para-hydroxylation sites is 7. The largest absolute Gasteiger partial charge is 0.454 e. The third kappa shape index (κ3) is 13.3.